The number of carbonyl (C=O) groups is 1. The van der Waals surface area contributed by atoms with E-state index < -0.39 is 21.7 Å². The van der Waals surface area contributed by atoms with Gasteiger partial charge in [0, 0.05) is 26.2 Å². The molecule has 0 bridgehead atoms. The predicted molar refractivity (Wildman–Crippen MR) is 68.8 cm³/mol. The largest absolute Gasteiger partial charge is 0.444 e. The van der Waals surface area contributed by atoms with Gasteiger partial charge in [-0.1, -0.05) is 0 Å². The van der Waals surface area contributed by atoms with Crippen LogP contribution in [0, 0.1) is 0 Å². The fraction of sp³-hybridized carbons (Fsp3) is 0.909. The molecule has 7 heteroatoms. The fourth-order valence-corrected chi connectivity index (χ4v) is 2.95. The lowest BCUT2D eigenvalue weighted by Gasteiger charge is -2.30. The molecule has 6 nitrogen and oxygen atoms in total. The molecular formula is C11H22N2O4S. The zero-order valence-electron chi connectivity index (χ0n) is 11.6. The van der Waals surface area contributed by atoms with Crippen molar-refractivity contribution < 1.29 is 17.9 Å². The number of hydrogen-bond acceptors (Lipinski definition) is 4. The number of rotatable bonds is 0. The summed E-state index contributed by atoms with van der Waals surface area (Å²) < 4.78 is 30.1. The number of carbonyl (C=O) groups excluding carboxylic acids is 1. The van der Waals surface area contributed by atoms with Gasteiger partial charge in [-0.05, 0) is 27.7 Å². The third kappa shape index (κ3) is 3.84. The van der Waals surface area contributed by atoms with E-state index in [4.69, 9.17) is 4.74 Å². The van der Waals surface area contributed by atoms with Gasteiger partial charge in [0.15, 0.2) is 0 Å². The number of sulfonamides is 1. The van der Waals surface area contributed by atoms with Crippen LogP contribution in [0.3, 0.4) is 0 Å². The minimum absolute atomic E-state index is 0.0624. The summed E-state index contributed by atoms with van der Waals surface area (Å²) in [6.07, 6.45) is -0.458. The van der Waals surface area contributed by atoms with Crippen molar-refractivity contribution >= 4 is 16.1 Å². The molecule has 1 unspecified atom stereocenters. The Morgan fingerprint density at radius 3 is 2.39 bits per heavy atom. The summed E-state index contributed by atoms with van der Waals surface area (Å²) in [7, 11) is -1.72. The third-order valence-electron chi connectivity index (χ3n) is 2.75. The third-order valence-corrected chi connectivity index (χ3v) is 4.54. The van der Waals surface area contributed by atoms with E-state index >= 15 is 0 Å². The highest BCUT2D eigenvalue weighted by molar-refractivity contribution is 7.89. The van der Waals surface area contributed by atoms with Crippen LogP contribution < -0.4 is 0 Å². The van der Waals surface area contributed by atoms with Gasteiger partial charge in [0.1, 0.15) is 5.60 Å². The summed E-state index contributed by atoms with van der Waals surface area (Å²) in [6, 6.07) is -0.192. The molecule has 1 rings (SSSR count). The Morgan fingerprint density at radius 2 is 1.89 bits per heavy atom. The number of likely N-dealkylation sites (N-methyl/N-ethyl adjacent to an activating group) is 1. The van der Waals surface area contributed by atoms with Crippen LogP contribution in [0.1, 0.15) is 27.7 Å². The highest BCUT2D eigenvalue weighted by Crippen LogP contribution is 2.16. The topological polar surface area (TPSA) is 66.9 Å². The van der Waals surface area contributed by atoms with Gasteiger partial charge in [-0.25, -0.2) is 17.5 Å². The van der Waals surface area contributed by atoms with Crippen LogP contribution in [0.2, 0.25) is 0 Å². The number of amides is 1. The van der Waals surface area contributed by atoms with Crippen LogP contribution in [-0.4, -0.2) is 61.2 Å². The molecule has 0 radical (unpaired) electrons. The molecule has 0 aromatic heterocycles. The van der Waals surface area contributed by atoms with Gasteiger partial charge in [-0.2, -0.15) is 0 Å². The molecule has 1 aliphatic rings. The van der Waals surface area contributed by atoms with Gasteiger partial charge < -0.3 is 9.64 Å². The van der Waals surface area contributed by atoms with Crippen LogP contribution in [0.15, 0.2) is 0 Å². The van der Waals surface area contributed by atoms with E-state index in [-0.39, 0.29) is 18.3 Å². The molecule has 18 heavy (non-hydrogen) atoms. The highest BCUT2D eigenvalue weighted by atomic mass is 32.2. The smallest absolute Gasteiger partial charge is 0.410 e. The van der Waals surface area contributed by atoms with Gasteiger partial charge in [0.05, 0.1) is 5.75 Å². The van der Waals surface area contributed by atoms with Crippen molar-refractivity contribution in [3.63, 3.8) is 0 Å². The van der Waals surface area contributed by atoms with Crippen molar-refractivity contribution in [2.75, 3.05) is 25.9 Å². The molecule has 0 aliphatic carbocycles. The second-order valence-electron chi connectivity index (χ2n) is 5.62. The van der Waals surface area contributed by atoms with E-state index in [0.717, 1.165) is 0 Å². The second kappa shape index (κ2) is 5.05. The van der Waals surface area contributed by atoms with Crippen LogP contribution in [0.4, 0.5) is 4.79 Å². The maximum atomic E-state index is 12.0. The van der Waals surface area contributed by atoms with Crippen molar-refractivity contribution in [3.8, 4) is 0 Å². The lowest BCUT2D eigenvalue weighted by molar-refractivity contribution is 0.0188. The molecule has 1 atom stereocenters. The Morgan fingerprint density at radius 1 is 1.33 bits per heavy atom. The summed E-state index contributed by atoms with van der Waals surface area (Å²) in [5.41, 5.74) is -0.576. The molecule has 1 saturated heterocycles. The quantitative estimate of drug-likeness (QED) is 0.660. The molecule has 0 spiro atoms. The first-order valence-electron chi connectivity index (χ1n) is 5.96. The molecule has 0 aromatic rings. The average molecular weight is 278 g/mol. The number of ether oxygens (including phenoxy) is 1. The summed E-state index contributed by atoms with van der Waals surface area (Å²) in [5, 5.41) is 0. The molecule has 1 amide bonds. The Hall–Kier alpha value is -0.820. The van der Waals surface area contributed by atoms with E-state index in [1.54, 1.807) is 20.8 Å². The minimum Gasteiger partial charge on any atom is -0.444 e. The Kier molecular flexibility index (Phi) is 4.27. The van der Waals surface area contributed by atoms with Crippen molar-refractivity contribution in [1.82, 2.24) is 9.21 Å². The monoisotopic (exact) mass is 278 g/mol. The maximum absolute atomic E-state index is 12.0. The highest BCUT2D eigenvalue weighted by Gasteiger charge is 2.33. The van der Waals surface area contributed by atoms with E-state index in [9.17, 15) is 13.2 Å². The summed E-state index contributed by atoms with van der Waals surface area (Å²) in [6.45, 7) is 7.65. The van der Waals surface area contributed by atoms with Crippen LogP contribution in [0.5, 0.6) is 0 Å². The van der Waals surface area contributed by atoms with Crippen LogP contribution >= 0.6 is 0 Å². The predicted octanol–water partition coefficient (Wildman–Crippen LogP) is 0.887. The molecule has 0 N–H and O–H groups in total. The summed E-state index contributed by atoms with van der Waals surface area (Å²) in [4.78, 5) is 13.5. The Labute approximate surface area is 109 Å². The standard InChI is InChI=1S/C11H22N2O4S/c1-9-8-12(5)18(15,16)7-6-13(9)10(14)17-11(2,3)4/h9H,6-8H2,1-5H3. The van der Waals surface area contributed by atoms with E-state index in [2.05, 4.69) is 0 Å². The van der Waals surface area contributed by atoms with Gasteiger partial charge in [0.25, 0.3) is 0 Å². The van der Waals surface area contributed by atoms with Crippen molar-refractivity contribution in [3.05, 3.63) is 0 Å². The maximum Gasteiger partial charge on any atom is 0.410 e. The first-order chi connectivity index (χ1) is 8.03. The normalized spacial score (nSPS) is 25.6. The second-order valence-corrected chi connectivity index (χ2v) is 7.81. The SMILES string of the molecule is CC1CN(C)S(=O)(=O)CCN1C(=O)OC(C)(C)C. The molecule has 0 aromatic carbocycles. The average Bonchev–Trinajstić information content (AvgIpc) is 2.22. The zero-order chi connectivity index (χ0) is 14.1. The molecule has 0 saturated carbocycles. The lowest BCUT2D eigenvalue weighted by atomic mass is 10.2. The number of nitrogens with zero attached hydrogens (tertiary/aromatic N) is 2. The Bertz CT molecular complexity index is 413. The number of hydrogen-bond donors (Lipinski definition) is 0. The van der Waals surface area contributed by atoms with E-state index in [1.165, 1.54) is 16.3 Å². The van der Waals surface area contributed by atoms with Gasteiger partial charge in [-0.3, -0.25) is 0 Å². The summed E-state index contributed by atoms with van der Waals surface area (Å²) in [5.74, 6) is -0.0624. The van der Waals surface area contributed by atoms with Gasteiger partial charge in [-0.15, -0.1) is 0 Å². The molecule has 1 fully saturated rings. The molecular weight excluding hydrogens is 256 g/mol. The first-order valence-corrected chi connectivity index (χ1v) is 7.57. The molecule has 1 aliphatic heterocycles. The minimum atomic E-state index is -3.26. The van der Waals surface area contributed by atoms with E-state index in [1.807, 2.05) is 6.92 Å². The van der Waals surface area contributed by atoms with Gasteiger partial charge >= 0.3 is 6.09 Å². The van der Waals surface area contributed by atoms with E-state index in [0.29, 0.717) is 6.54 Å². The fourth-order valence-electron chi connectivity index (χ4n) is 1.77. The zero-order valence-corrected chi connectivity index (χ0v) is 12.5. The lowest BCUT2D eigenvalue weighted by Crippen LogP contribution is -2.44. The van der Waals surface area contributed by atoms with Crippen LogP contribution in [-0.2, 0) is 14.8 Å². The van der Waals surface area contributed by atoms with Crippen LogP contribution in [0.25, 0.3) is 0 Å². The van der Waals surface area contributed by atoms with Crippen molar-refractivity contribution in [1.29, 1.82) is 0 Å². The van der Waals surface area contributed by atoms with Crippen molar-refractivity contribution in [2.45, 2.75) is 39.3 Å². The first kappa shape index (κ1) is 15.2. The molecule has 106 valence electrons. The van der Waals surface area contributed by atoms with Crippen molar-refractivity contribution in [2.24, 2.45) is 0 Å². The summed E-state index contributed by atoms with van der Waals surface area (Å²) >= 11 is 0. The van der Waals surface area contributed by atoms with Gasteiger partial charge in [0.2, 0.25) is 10.0 Å². The molecule has 1 heterocycles. The Balaban J connectivity index is 2.82.